The van der Waals surface area contributed by atoms with Crippen LogP contribution in [0, 0.1) is 11.3 Å². The van der Waals surface area contributed by atoms with Crippen molar-refractivity contribution in [2.24, 2.45) is 0 Å². The lowest BCUT2D eigenvalue weighted by Gasteiger charge is -2.29. The molecule has 0 aliphatic carbocycles. The molecule has 1 rings (SSSR count). The lowest BCUT2D eigenvalue weighted by atomic mass is 10.3. The second kappa shape index (κ2) is 7.20. The van der Waals surface area contributed by atoms with E-state index in [0.29, 0.717) is 45.8 Å². The second-order valence-corrected chi connectivity index (χ2v) is 3.77. The highest BCUT2D eigenvalue weighted by Crippen LogP contribution is 2.00. The summed E-state index contributed by atoms with van der Waals surface area (Å²) in [5.41, 5.74) is 0. The van der Waals surface area contributed by atoms with E-state index in [2.05, 4.69) is 6.07 Å². The molecule has 0 N–H and O–H groups in total. The summed E-state index contributed by atoms with van der Waals surface area (Å²) >= 11 is 0. The zero-order chi connectivity index (χ0) is 11.8. The van der Waals surface area contributed by atoms with Gasteiger partial charge >= 0.3 is 0 Å². The number of nitriles is 1. The van der Waals surface area contributed by atoms with E-state index in [0.717, 1.165) is 6.54 Å². The van der Waals surface area contributed by atoms with Crippen LogP contribution < -0.4 is 0 Å². The molecule has 1 heterocycles. The molecule has 0 aromatic heterocycles. The van der Waals surface area contributed by atoms with E-state index in [9.17, 15) is 4.79 Å². The maximum atomic E-state index is 11.9. The highest BCUT2D eigenvalue weighted by molar-refractivity contribution is 5.78. The summed E-state index contributed by atoms with van der Waals surface area (Å²) < 4.78 is 5.20. The first-order valence-electron chi connectivity index (χ1n) is 5.72. The fraction of sp³-hybridized carbons (Fsp3) is 0.818. The summed E-state index contributed by atoms with van der Waals surface area (Å²) in [6, 6.07) is 2.10. The third-order valence-electron chi connectivity index (χ3n) is 2.71. The second-order valence-electron chi connectivity index (χ2n) is 3.77. The van der Waals surface area contributed by atoms with E-state index in [-0.39, 0.29) is 5.91 Å². The third-order valence-corrected chi connectivity index (χ3v) is 2.71. The van der Waals surface area contributed by atoms with Crippen LogP contribution in [0.5, 0.6) is 0 Å². The topological polar surface area (TPSA) is 56.6 Å². The highest BCUT2D eigenvalue weighted by Gasteiger charge is 2.18. The number of carbonyl (C=O) groups is 1. The molecule has 16 heavy (non-hydrogen) atoms. The van der Waals surface area contributed by atoms with Gasteiger partial charge in [0.25, 0.3) is 0 Å². The first kappa shape index (κ1) is 12.9. The van der Waals surface area contributed by atoms with E-state index in [1.54, 1.807) is 0 Å². The van der Waals surface area contributed by atoms with Crippen LogP contribution in [0.1, 0.15) is 13.3 Å². The molecular formula is C11H19N3O2. The SMILES string of the molecule is CCN(CCC#N)CC(=O)N1CCOCC1. The van der Waals surface area contributed by atoms with Gasteiger partial charge in [0.2, 0.25) is 5.91 Å². The molecule has 0 radical (unpaired) electrons. The maximum absolute atomic E-state index is 11.9. The predicted octanol–water partition coefficient (Wildman–Crippen LogP) is 0.0808. The fourth-order valence-electron chi connectivity index (χ4n) is 1.66. The summed E-state index contributed by atoms with van der Waals surface area (Å²) in [6.45, 7) is 6.54. The Labute approximate surface area is 96.6 Å². The molecule has 5 heteroatoms. The van der Waals surface area contributed by atoms with Gasteiger partial charge < -0.3 is 9.64 Å². The van der Waals surface area contributed by atoms with Gasteiger partial charge in [-0.05, 0) is 6.54 Å². The Morgan fingerprint density at radius 2 is 2.19 bits per heavy atom. The van der Waals surface area contributed by atoms with E-state index < -0.39 is 0 Å². The van der Waals surface area contributed by atoms with Gasteiger partial charge in [0.1, 0.15) is 0 Å². The Balaban J connectivity index is 2.32. The number of carbonyl (C=O) groups excluding carboxylic acids is 1. The number of ether oxygens (including phenoxy) is 1. The van der Waals surface area contributed by atoms with Crippen LogP contribution in [0.3, 0.4) is 0 Å². The van der Waals surface area contributed by atoms with Crippen LogP contribution in [-0.4, -0.2) is 61.6 Å². The molecule has 1 saturated heterocycles. The quantitative estimate of drug-likeness (QED) is 0.665. The van der Waals surface area contributed by atoms with Crippen molar-refractivity contribution in [3.05, 3.63) is 0 Å². The monoisotopic (exact) mass is 225 g/mol. The number of hydrogen-bond donors (Lipinski definition) is 0. The molecule has 0 saturated carbocycles. The molecule has 90 valence electrons. The lowest BCUT2D eigenvalue weighted by molar-refractivity contribution is -0.136. The number of hydrogen-bond acceptors (Lipinski definition) is 4. The van der Waals surface area contributed by atoms with Gasteiger partial charge in [0, 0.05) is 26.1 Å². The average molecular weight is 225 g/mol. The van der Waals surface area contributed by atoms with Crippen molar-refractivity contribution in [1.82, 2.24) is 9.80 Å². The molecule has 0 spiro atoms. The normalized spacial score (nSPS) is 16.2. The predicted molar refractivity (Wildman–Crippen MR) is 59.7 cm³/mol. The van der Waals surface area contributed by atoms with Gasteiger partial charge in [-0.2, -0.15) is 5.26 Å². The molecule has 1 aliphatic rings. The van der Waals surface area contributed by atoms with Gasteiger partial charge in [-0.3, -0.25) is 9.69 Å². The van der Waals surface area contributed by atoms with Crippen molar-refractivity contribution < 1.29 is 9.53 Å². The molecular weight excluding hydrogens is 206 g/mol. The van der Waals surface area contributed by atoms with Crippen LogP contribution in [0.15, 0.2) is 0 Å². The van der Waals surface area contributed by atoms with Crippen molar-refractivity contribution in [3.63, 3.8) is 0 Å². The molecule has 1 amide bonds. The van der Waals surface area contributed by atoms with Crippen LogP contribution in [0.4, 0.5) is 0 Å². The Hall–Kier alpha value is -1.12. The van der Waals surface area contributed by atoms with Gasteiger partial charge in [-0.15, -0.1) is 0 Å². The summed E-state index contributed by atoms with van der Waals surface area (Å²) in [5.74, 6) is 0.142. The summed E-state index contributed by atoms with van der Waals surface area (Å²) in [7, 11) is 0. The minimum atomic E-state index is 0.142. The van der Waals surface area contributed by atoms with Crippen molar-refractivity contribution in [1.29, 1.82) is 5.26 Å². The number of rotatable bonds is 5. The zero-order valence-corrected chi connectivity index (χ0v) is 9.81. The summed E-state index contributed by atoms with van der Waals surface area (Å²) in [6.07, 6.45) is 0.476. The van der Waals surface area contributed by atoms with Crippen molar-refractivity contribution in [2.45, 2.75) is 13.3 Å². The number of nitrogens with zero attached hydrogens (tertiary/aromatic N) is 3. The first-order valence-corrected chi connectivity index (χ1v) is 5.72. The Bertz CT molecular complexity index is 256. The Kier molecular flexibility index (Phi) is 5.83. The number of likely N-dealkylation sites (N-methyl/N-ethyl adjacent to an activating group) is 1. The molecule has 1 fully saturated rings. The molecule has 0 aromatic carbocycles. The van der Waals surface area contributed by atoms with Crippen molar-refractivity contribution in [2.75, 3.05) is 45.9 Å². The van der Waals surface area contributed by atoms with Gasteiger partial charge in [-0.25, -0.2) is 0 Å². The van der Waals surface area contributed by atoms with Crippen LogP contribution in [-0.2, 0) is 9.53 Å². The first-order chi connectivity index (χ1) is 7.77. The van der Waals surface area contributed by atoms with Crippen LogP contribution >= 0.6 is 0 Å². The highest BCUT2D eigenvalue weighted by atomic mass is 16.5. The minimum absolute atomic E-state index is 0.142. The Morgan fingerprint density at radius 1 is 1.50 bits per heavy atom. The third kappa shape index (κ3) is 4.17. The standard InChI is InChI=1S/C11H19N3O2/c1-2-13(5-3-4-12)10-11(15)14-6-8-16-9-7-14/h2-3,5-10H2,1H3. The smallest absolute Gasteiger partial charge is 0.236 e. The molecule has 0 aromatic rings. The minimum Gasteiger partial charge on any atom is -0.378 e. The largest absolute Gasteiger partial charge is 0.378 e. The van der Waals surface area contributed by atoms with Gasteiger partial charge in [0.15, 0.2) is 0 Å². The molecule has 0 bridgehead atoms. The lowest BCUT2D eigenvalue weighted by Crippen LogP contribution is -2.45. The van der Waals surface area contributed by atoms with Gasteiger partial charge in [0.05, 0.1) is 25.8 Å². The average Bonchev–Trinajstić information content (AvgIpc) is 2.35. The van der Waals surface area contributed by atoms with E-state index >= 15 is 0 Å². The number of morpholine rings is 1. The molecule has 0 unspecified atom stereocenters. The maximum Gasteiger partial charge on any atom is 0.236 e. The zero-order valence-electron chi connectivity index (χ0n) is 9.81. The fourth-order valence-corrected chi connectivity index (χ4v) is 1.66. The van der Waals surface area contributed by atoms with Gasteiger partial charge in [-0.1, -0.05) is 6.92 Å². The van der Waals surface area contributed by atoms with E-state index in [1.165, 1.54) is 0 Å². The van der Waals surface area contributed by atoms with Crippen molar-refractivity contribution >= 4 is 5.91 Å². The molecule has 5 nitrogen and oxygen atoms in total. The molecule has 0 atom stereocenters. The molecule has 1 aliphatic heterocycles. The van der Waals surface area contributed by atoms with E-state index in [4.69, 9.17) is 10.00 Å². The van der Waals surface area contributed by atoms with Crippen molar-refractivity contribution in [3.8, 4) is 6.07 Å². The van der Waals surface area contributed by atoms with Crippen LogP contribution in [0.2, 0.25) is 0 Å². The van der Waals surface area contributed by atoms with E-state index in [1.807, 2.05) is 16.7 Å². The Morgan fingerprint density at radius 3 is 2.75 bits per heavy atom. The van der Waals surface area contributed by atoms with Crippen LogP contribution in [0.25, 0.3) is 0 Å². The number of amides is 1. The summed E-state index contributed by atoms with van der Waals surface area (Å²) in [5, 5.41) is 8.50. The summed E-state index contributed by atoms with van der Waals surface area (Å²) in [4.78, 5) is 15.7.